The minimum atomic E-state index is -0.486. The van der Waals surface area contributed by atoms with Crippen molar-refractivity contribution in [2.45, 2.75) is 27.4 Å². The van der Waals surface area contributed by atoms with Crippen LogP contribution in [-0.4, -0.2) is 10.8 Å². The number of carbonyl (C=O) groups excluding carboxylic acids is 1. The van der Waals surface area contributed by atoms with Crippen molar-refractivity contribution in [3.05, 3.63) is 86.9 Å². The Morgan fingerprint density at radius 1 is 1.14 bits per heavy atom. The first-order chi connectivity index (χ1) is 13.3. The summed E-state index contributed by atoms with van der Waals surface area (Å²) in [6.07, 6.45) is 0. The zero-order valence-corrected chi connectivity index (χ0v) is 15.8. The Morgan fingerprint density at radius 2 is 1.93 bits per heavy atom. The number of hydrogen-bond donors (Lipinski definition) is 1. The number of carbonyl (C=O) groups is 1. The zero-order valence-electron chi connectivity index (χ0n) is 15.8. The lowest BCUT2D eigenvalue weighted by Gasteiger charge is -2.08. The second kappa shape index (κ2) is 7.96. The van der Waals surface area contributed by atoms with Crippen molar-refractivity contribution in [2.24, 2.45) is 0 Å². The topological polar surface area (TPSA) is 94.6 Å². The van der Waals surface area contributed by atoms with Gasteiger partial charge in [-0.1, -0.05) is 23.8 Å². The van der Waals surface area contributed by atoms with E-state index in [1.54, 1.807) is 25.1 Å². The van der Waals surface area contributed by atoms with Crippen LogP contribution in [0.4, 0.5) is 11.4 Å². The van der Waals surface area contributed by atoms with Crippen molar-refractivity contribution in [1.82, 2.24) is 0 Å². The van der Waals surface area contributed by atoms with E-state index in [4.69, 9.17) is 9.15 Å². The highest BCUT2D eigenvalue weighted by molar-refractivity contribution is 6.03. The quantitative estimate of drug-likeness (QED) is 0.482. The highest BCUT2D eigenvalue weighted by atomic mass is 16.6. The first-order valence-electron chi connectivity index (χ1n) is 8.69. The van der Waals surface area contributed by atoms with Crippen molar-refractivity contribution in [3.8, 4) is 5.75 Å². The summed E-state index contributed by atoms with van der Waals surface area (Å²) in [5, 5.41) is 13.7. The maximum absolute atomic E-state index is 12.4. The largest absolute Gasteiger partial charge is 0.485 e. The third-order valence-electron chi connectivity index (χ3n) is 4.34. The molecule has 3 aromatic rings. The van der Waals surface area contributed by atoms with Gasteiger partial charge in [-0.05, 0) is 50.6 Å². The molecule has 0 bridgehead atoms. The normalized spacial score (nSPS) is 10.5. The van der Waals surface area contributed by atoms with E-state index in [0.29, 0.717) is 17.0 Å². The number of nitro benzene ring substituents is 1. The van der Waals surface area contributed by atoms with Gasteiger partial charge in [0, 0.05) is 6.07 Å². The summed E-state index contributed by atoms with van der Waals surface area (Å²) in [5.41, 5.74) is 2.86. The Hall–Kier alpha value is -3.61. The number of aryl methyl sites for hydroxylation is 2. The molecule has 7 heteroatoms. The molecule has 7 nitrogen and oxygen atoms in total. The molecule has 28 heavy (non-hydrogen) atoms. The molecule has 1 amide bonds. The monoisotopic (exact) mass is 380 g/mol. The molecule has 0 fully saturated rings. The Labute approximate surface area is 162 Å². The summed E-state index contributed by atoms with van der Waals surface area (Å²) in [6.45, 7) is 5.74. The van der Waals surface area contributed by atoms with Crippen LogP contribution in [0.5, 0.6) is 5.75 Å². The second-order valence-electron chi connectivity index (χ2n) is 6.48. The number of amides is 1. The van der Waals surface area contributed by atoms with Crippen LogP contribution in [0.1, 0.15) is 33.0 Å². The average molecular weight is 380 g/mol. The minimum Gasteiger partial charge on any atom is -0.485 e. The molecule has 2 aromatic carbocycles. The number of anilines is 1. The smallest absolute Gasteiger partial charge is 0.291 e. The predicted molar refractivity (Wildman–Crippen MR) is 105 cm³/mol. The highest BCUT2D eigenvalue weighted by Crippen LogP contribution is 2.26. The van der Waals surface area contributed by atoms with E-state index in [1.165, 1.54) is 12.1 Å². The number of nitrogens with zero attached hydrogens (tertiary/aromatic N) is 1. The van der Waals surface area contributed by atoms with Gasteiger partial charge in [-0.15, -0.1) is 0 Å². The molecule has 0 saturated carbocycles. The van der Waals surface area contributed by atoms with E-state index < -0.39 is 10.8 Å². The molecule has 144 valence electrons. The molecule has 0 spiro atoms. The number of benzene rings is 2. The molecule has 0 unspecified atom stereocenters. The van der Waals surface area contributed by atoms with Gasteiger partial charge >= 0.3 is 0 Å². The maximum atomic E-state index is 12.4. The van der Waals surface area contributed by atoms with Crippen molar-refractivity contribution in [3.63, 3.8) is 0 Å². The van der Waals surface area contributed by atoms with Gasteiger partial charge in [0.25, 0.3) is 11.6 Å². The van der Waals surface area contributed by atoms with Crippen LogP contribution in [0.25, 0.3) is 0 Å². The van der Waals surface area contributed by atoms with Crippen LogP contribution in [0.15, 0.2) is 52.9 Å². The first-order valence-corrected chi connectivity index (χ1v) is 8.69. The fraction of sp³-hybridized carbons (Fsp3) is 0.190. The standard InChI is InChI=1S/C21H20N2O5/c1-13-7-9-19(14(2)11-13)27-12-16-8-10-20(28-16)21(24)22-17-5-4-6-18(15(17)3)23(25)26/h4-11H,12H2,1-3H3,(H,22,24). The molecule has 0 saturated heterocycles. The third kappa shape index (κ3) is 4.20. The summed E-state index contributed by atoms with van der Waals surface area (Å²) in [4.78, 5) is 23.0. The molecule has 0 aliphatic heterocycles. The van der Waals surface area contributed by atoms with E-state index in [9.17, 15) is 14.9 Å². The average Bonchev–Trinajstić information content (AvgIpc) is 3.11. The molecule has 1 heterocycles. The van der Waals surface area contributed by atoms with E-state index in [-0.39, 0.29) is 18.1 Å². The van der Waals surface area contributed by atoms with E-state index in [1.807, 2.05) is 32.0 Å². The van der Waals surface area contributed by atoms with Gasteiger partial charge in [-0.3, -0.25) is 14.9 Å². The van der Waals surface area contributed by atoms with Gasteiger partial charge in [0.1, 0.15) is 18.1 Å². The van der Waals surface area contributed by atoms with Gasteiger partial charge in [0.2, 0.25) is 0 Å². The third-order valence-corrected chi connectivity index (χ3v) is 4.34. The van der Waals surface area contributed by atoms with E-state index >= 15 is 0 Å². The van der Waals surface area contributed by atoms with Gasteiger partial charge in [0.05, 0.1) is 16.2 Å². The highest BCUT2D eigenvalue weighted by Gasteiger charge is 2.17. The number of ether oxygens (including phenoxy) is 1. The first kappa shape index (κ1) is 19.2. The lowest BCUT2D eigenvalue weighted by molar-refractivity contribution is -0.385. The SMILES string of the molecule is Cc1ccc(OCc2ccc(C(=O)Nc3cccc([N+](=O)[O-])c3C)o2)c(C)c1. The van der Waals surface area contributed by atoms with E-state index in [2.05, 4.69) is 5.32 Å². The molecular weight excluding hydrogens is 360 g/mol. The summed E-state index contributed by atoms with van der Waals surface area (Å²) in [6, 6.07) is 13.6. The summed E-state index contributed by atoms with van der Waals surface area (Å²) >= 11 is 0. The second-order valence-corrected chi connectivity index (χ2v) is 6.48. The lowest BCUT2D eigenvalue weighted by atomic mass is 10.1. The van der Waals surface area contributed by atoms with Crippen LogP contribution in [-0.2, 0) is 6.61 Å². The predicted octanol–water partition coefficient (Wildman–Crippen LogP) is 4.94. The number of nitro groups is 1. The van der Waals surface area contributed by atoms with Crippen LogP contribution >= 0.6 is 0 Å². The van der Waals surface area contributed by atoms with Crippen LogP contribution < -0.4 is 10.1 Å². The van der Waals surface area contributed by atoms with Crippen LogP contribution in [0, 0.1) is 30.9 Å². The van der Waals surface area contributed by atoms with Crippen LogP contribution in [0.2, 0.25) is 0 Å². The minimum absolute atomic E-state index is 0.0557. The molecule has 0 aliphatic rings. The Balaban J connectivity index is 1.67. The molecule has 0 atom stereocenters. The van der Waals surface area contributed by atoms with Gasteiger partial charge in [-0.2, -0.15) is 0 Å². The molecule has 0 radical (unpaired) electrons. The summed E-state index contributed by atoms with van der Waals surface area (Å²) in [5.74, 6) is 0.868. The fourth-order valence-electron chi connectivity index (χ4n) is 2.83. The molecule has 3 rings (SSSR count). The van der Waals surface area contributed by atoms with Crippen molar-refractivity contribution in [2.75, 3.05) is 5.32 Å². The molecule has 1 aromatic heterocycles. The maximum Gasteiger partial charge on any atom is 0.291 e. The summed E-state index contributed by atoms with van der Waals surface area (Å²) in [7, 11) is 0. The number of furan rings is 1. The van der Waals surface area contributed by atoms with Crippen molar-refractivity contribution < 1.29 is 18.9 Å². The van der Waals surface area contributed by atoms with Crippen molar-refractivity contribution in [1.29, 1.82) is 0 Å². The Morgan fingerprint density at radius 3 is 2.64 bits per heavy atom. The van der Waals surface area contributed by atoms with E-state index in [0.717, 1.165) is 16.9 Å². The summed E-state index contributed by atoms with van der Waals surface area (Å²) < 4.78 is 11.3. The lowest BCUT2D eigenvalue weighted by Crippen LogP contribution is -2.12. The Kier molecular flexibility index (Phi) is 5.44. The van der Waals surface area contributed by atoms with Gasteiger partial charge in [0.15, 0.2) is 5.76 Å². The van der Waals surface area contributed by atoms with Crippen molar-refractivity contribution >= 4 is 17.3 Å². The van der Waals surface area contributed by atoms with Gasteiger partial charge < -0.3 is 14.5 Å². The number of nitrogens with one attached hydrogen (secondary N) is 1. The molecule has 0 aliphatic carbocycles. The van der Waals surface area contributed by atoms with Crippen LogP contribution in [0.3, 0.4) is 0 Å². The number of hydrogen-bond acceptors (Lipinski definition) is 5. The molecule has 1 N–H and O–H groups in total. The molecular formula is C21H20N2O5. The van der Waals surface area contributed by atoms with Gasteiger partial charge in [-0.25, -0.2) is 0 Å². The zero-order chi connectivity index (χ0) is 20.3. The fourth-order valence-corrected chi connectivity index (χ4v) is 2.83. The Bertz CT molecular complexity index is 1040. The number of rotatable bonds is 6.